The van der Waals surface area contributed by atoms with Crippen LogP contribution in [0.4, 0.5) is 0 Å². The highest BCUT2D eigenvalue weighted by molar-refractivity contribution is 5.84. The molecule has 274 valence electrons. The fourth-order valence-electron chi connectivity index (χ4n) is 13.4. The number of rotatable bonds is 8. The number of aryl methyl sites for hydroxylation is 1. The maximum atomic E-state index is 12.1. The van der Waals surface area contributed by atoms with Crippen molar-refractivity contribution in [2.45, 2.75) is 122 Å². The van der Waals surface area contributed by atoms with E-state index in [9.17, 15) is 20.4 Å². The van der Waals surface area contributed by atoms with Crippen LogP contribution in [0, 0.1) is 58.2 Å². The summed E-state index contributed by atoms with van der Waals surface area (Å²) < 4.78 is 5.61. The van der Waals surface area contributed by atoms with Crippen molar-refractivity contribution in [2.75, 3.05) is 20.2 Å². The van der Waals surface area contributed by atoms with E-state index in [0.29, 0.717) is 41.4 Å². The van der Waals surface area contributed by atoms with Gasteiger partial charge in [0.2, 0.25) is 0 Å². The van der Waals surface area contributed by atoms with E-state index < -0.39 is 6.10 Å². The number of benzene rings is 1. The van der Waals surface area contributed by atoms with Gasteiger partial charge in [-0.05, 0) is 165 Å². The quantitative estimate of drug-likeness (QED) is 0.229. The average Bonchev–Trinajstić information content (AvgIpc) is 3.49. The Hall–Kier alpha value is -2.03. The van der Waals surface area contributed by atoms with Gasteiger partial charge in [-0.2, -0.15) is 0 Å². The Kier molecular flexibility index (Phi) is 9.19. The molecule has 1 aromatic heterocycles. The number of fused-ring (bicyclic) bond motifs is 9. The molecule has 2 bridgehead atoms. The molecule has 9 rings (SSSR count). The van der Waals surface area contributed by atoms with Crippen LogP contribution in [-0.2, 0) is 6.42 Å². The molecule has 4 N–H and O–H groups in total. The number of methoxy groups -OCH3 is 1. The highest BCUT2D eigenvalue weighted by Crippen LogP contribution is 2.68. The molecule has 7 nitrogen and oxygen atoms in total. The highest BCUT2D eigenvalue weighted by atomic mass is 16.5. The van der Waals surface area contributed by atoms with Gasteiger partial charge in [0.05, 0.1) is 37.0 Å². The van der Waals surface area contributed by atoms with Gasteiger partial charge in [0.25, 0.3) is 0 Å². The smallest absolute Gasteiger partial charge is 0.119 e. The molecule has 7 heteroatoms. The molecule has 0 amide bonds. The molecule has 4 saturated carbocycles. The first-order valence-corrected chi connectivity index (χ1v) is 20.0. The Morgan fingerprint density at radius 3 is 2.60 bits per heavy atom. The van der Waals surface area contributed by atoms with Crippen LogP contribution in [0.3, 0.4) is 0 Å². The number of aliphatic hydroxyl groups excluding tert-OH is 4. The van der Waals surface area contributed by atoms with Crippen LogP contribution in [-0.4, -0.2) is 74.9 Å². The number of hydrogen-bond acceptors (Lipinski definition) is 7. The third-order valence-electron chi connectivity index (χ3n) is 16.3. The maximum Gasteiger partial charge on any atom is 0.119 e. The van der Waals surface area contributed by atoms with E-state index in [1.807, 2.05) is 18.2 Å². The summed E-state index contributed by atoms with van der Waals surface area (Å²) in [6.07, 6.45) is 10.8. The zero-order chi connectivity index (χ0) is 35.1. The zero-order valence-corrected chi connectivity index (χ0v) is 30.9. The van der Waals surface area contributed by atoms with E-state index >= 15 is 0 Å². The molecular weight excluding hydrogens is 624 g/mol. The van der Waals surface area contributed by atoms with Crippen molar-refractivity contribution in [3.63, 3.8) is 0 Å². The lowest BCUT2D eigenvalue weighted by Crippen LogP contribution is -2.62. The molecule has 4 heterocycles. The first-order valence-electron chi connectivity index (χ1n) is 20.0. The van der Waals surface area contributed by atoms with Gasteiger partial charge in [0.15, 0.2) is 0 Å². The van der Waals surface area contributed by atoms with E-state index in [-0.39, 0.29) is 41.1 Å². The molecule has 16 atom stereocenters. The van der Waals surface area contributed by atoms with Crippen molar-refractivity contribution in [3.05, 3.63) is 48.2 Å². The maximum absolute atomic E-state index is 12.1. The average molecular weight is 687 g/mol. The van der Waals surface area contributed by atoms with Crippen LogP contribution >= 0.6 is 0 Å². The molecule has 0 spiro atoms. The zero-order valence-electron chi connectivity index (χ0n) is 30.9. The van der Waals surface area contributed by atoms with E-state index in [0.717, 1.165) is 105 Å². The summed E-state index contributed by atoms with van der Waals surface area (Å²) in [6.45, 7) is 13.2. The summed E-state index contributed by atoms with van der Waals surface area (Å²) in [5, 5.41) is 47.3. The fourth-order valence-corrected chi connectivity index (χ4v) is 13.4. The van der Waals surface area contributed by atoms with Gasteiger partial charge in [-0.3, -0.25) is 9.88 Å². The molecule has 4 aliphatic carbocycles. The van der Waals surface area contributed by atoms with Crippen LogP contribution in [0.25, 0.3) is 10.9 Å². The van der Waals surface area contributed by atoms with Gasteiger partial charge in [-0.1, -0.05) is 26.8 Å². The number of nitrogens with zero attached hydrogens (tertiary/aromatic N) is 2. The summed E-state index contributed by atoms with van der Waals surface area (Å²) in [5.41, 5.74) is 2.75. The lowest BCUT2D eigenvalue weighted by molar-refractivity contribution is -0.207. The number of hydrogen-bond donors (Lipinski definition) is 4. The summed E-state index contributed by atoms with van der Waals surface area (Å²) in [5.74, 6) is 3.84. The number of ether oxygens (including phenoxy) is 1. The third-order valence-corrected chi connectivity index (χ3v) is 16.3. The summed E-state index contributed by atoms with van der Waals surface area (Å²) in [6, 6.07) is 8.29. The van der Waals surface area contributed by atoms with Crippen molar-refractivity contribution in [1.82, 2.24) is 9.88 Å². The van der Waals surface area contributed by atoms with Gasteiger partial charge in [-0.15, -0.1) is 6.58 Å². The topological polar surface area (TPSA) is 106 Å². The minimum atomic E-state index is -0.604. The van der Waals surface area contributed by atoms with Gasteiger partial charge >= 0.3 is 0 Å². The first kappa shape index (κ1) is 35.0. The van der Waals surface area contributed by atoms with E-state index in [4.69, 9.17) is 9.72 Å². The largest absolute Gasteiger partial charge is 0.497 e. The minimum Gasteiger partial charge on any atom is -0.497 e. The summed E-state index contributed by atoms with van der Waals surface area (Å²) >= 11 is 0. The number of piperidine rings is 3. The second-order valence-corrected chi connectivity index (χ2v) is 18.3. The van der Waals surface area contributed by atoms with Gasteiger partial charge in [0.1, 0.15) is 5.75 Å². The molecule has 7 aliphatic rings. The van der Waals surface area contributed by atoms with Gasteiger partial charge in [0, 0.05) is 23.7 Å². The molecule has 0 radical (unpaired) electrons. The van der Waals surface area contributed by atoms with Crippen LogP contribution < -0.4 is 4.74 Å². The second kappa shape index (κ2) is 13.1. The van der Waals surface area contributed by atoms with Crippen molar-refractivity contribution in [3.8, 4) is 5.75 Å². The first-order chi connectivity index (χ1) is 24.0. The Morgan fingerprint density at radius 1 is 1.04 bits per heavy atom. The van der Waals surface area contributed by atoms with Crippen LogP contribution in [0.5, 0.6) is 5.75 Å². The van der Waals surface area contributed by atoms with Crippen LogP contribution in [0.1, 0.15) is 102 Å². The van der Waals surface area contributed by atoms with E-state index in [2.05, 4.69) is 44.4 Å². The summed E-state index contributed by atoms with van der Waals surface area (Å²) in [4.78, 5) is 7.62. The van der Waals surface area contributed by atoms with Gasteiger partial charge < -0.3 is 25.2 Å². The standard InChI is InChI=1S/C43H62N2O5/c1-6-25-23-45-16-14-26(25)17-37(45)41(49)32-20-28(44-36-12-9-30(50-5)21-31(32)36)8-7-24(2)33-10-11-34-40-35(22-39(48)43(33,34)4)42(3)15-13-29(46)18-27(42)19-38(40)47/h6,9,12,20-21,24-27,29,33-35,37-41,46-49H,1,7-8,10-11,13-19,22-23H2,2-5H3/t24-,25+,26+,27+,29-,33-,34+,35+,37+,38-,39+,40+,41-,42+,43-/m1/s1. The Balaban J connectivity index is 1.02. The highest BCUT2D eigenvalue weighted by Gasteiger charge is 2.65. The number of aromatic nitrogens is 1. The molecule has 1 aromatic carbocycles. The predicted molar refractivity (Wildman–Crippen MR) is 197 cm³/mol. The van der Waals surface area contributed by atoms with Crippen molar-refractivity contribution in [1.29, 1.82) is 0 Å². The van der Waals surface area contributed by atoms with Crippen LogP contribution in [0.15, 0.2) is 36.9 Å². The van der Waals surface area contributed by atoms with Crippen LogP contribution in [0.2, 0.25) is 0 Å². The summed E-state index contributed by atoms with van der Waals surface area (Å²) in [7, 11) is 1.69. The third kappa shape index (κ3) is 5.50. The molecule has 50 heavy (non-hydrogen) atoms. The monoisotopic (exact) mass is 686 g/mol. The normalized spacial score (nSPS) is 45.0. The van der Waals surface area contributed by atoms with Gasteiger partial charge in [-0.25, -0.2) is 0 Å². The van der Waals surface area contributed by atoms with Crippen molar-refractivity contribution < 1.29 is 25.2 Å². The fraction of sp³-hybridized carbons (Fsp3) is 0.744. The minimum absolute atomic E-state index is 0.0880. The Morgan fingerprint density at radius 2 is 1.86 bits per heavy atom. The molecule has 2 aromatic rings. The second-order valence-electron chi connectivity index (χ2n) is 18.3. The molecule has 1 unspecified atom stereocenters. The lowest BCUT2D eigenvalue weighted by Gasteiger charge is -2.63. The lowest BCUT2D eigenvalue weighted by atomic mass is 9.43. The Bertz CT molecular complexity index is 1580. The molecule has 3 saturated heterocycles. The van der Waals surface area contributed by atoms with E-state index in [1.54, 1.807) is 7.11 Å². The Labute approximate surface area is 299 Å². The number of pyridine rings is 1. The van der Waals surface area contributed by atoms with E-state index in [1.165, 1.54) is 6.42 Å². The molecule has 7 fully saturated rings. The van der Waals surface area contributed by atoms with Crippen molar-refractivity contribution >= 4 is 10.9 Å². The number of aliphatic hydroxyl groups is 4. The van der Waals surface area contributed by atoms with Crippen molar-refractivity contribution in [2.24, 2.45) is 58.2 Å². The molecular formula is C43H62N2O5. The predicted octanol–water partition coefficient (Wildman–Crippen LogP) is 6.70. The SMILES string of the molecule is C=C[C@H]1CN2CC[C@H]1C[C@H]2[C@H](O)c1cc(CC[C@@H](C)[C@H]2CC[C@H]3[C@@H]4[C@H](O)C[C@@H]5C[C@H](O)CC[C@]5(C)[C@H]4C[C@H](O)[C@]23C)nc2ccc(OC)cc12. The molecule has 3 aliphatic heterocycles.